The van der Waals surface area contributed by atoms with Crippen molar-refractivity contribution in [1.29, 1.82) is 0 Å². The molecule has 1 heterocycles. The lowest BCUT2D eigenvalue weighted by atomic mass is 10.1. The highest BCUT2D eigenvalue weighted by Crippen LogP contribution is 2.31. The fraction of sp³-hybridized carbons (Fsp3) is 0.333. The van der Waals surface area contributed by atoms with Gasteiger partial charge in [0.25, 0.3) is 11.6 Å². The highest BCUT2D eigenvalue weighted by Gasteiger charge is 2.24. The van der Waals surface area contributed by atoms with E-state index in [0.717, 1.165) is 37.1 Å². The van der Waals surface area contributed by atoms with Crippen LogP contribution in [0.3, 0.4) is 0 Å². The molecule has 0 unspecified atom stereocenters. The number of nitro groups is 1. The van der Waals surface area contributed by atoms with Gasteiger partial charge in [0.2, 0.25) is 0 Å². The second kappa shape index (κ2) is 9.18. The van der Waals surface area contributed by atoms with Crippen LogP contribution in [0.1, 0.15) is 34.3 Å². The Hall–Kier alpha value is -3.42. The Bertz CT molecular complexity index is 905. The summed E-state index contributed by atoms with van der Waals surface area (Å²) in [4.78, 5) is 37.0. The second-order valence-corrected chi connectivity index (χ2v) is 6.99. The maximum Gasteiger partial charge on any atom is 0.338 e. The Morgan fingerprint density at radius 2 is 1.83 bits per heavy atom. The van der Waals surface area contributed by atoms with E-state index in [2.05, 4.69) is 5.32 Å². The number of rotatable bonds is 7. The Morgan fingerprint density at radius 3 is 2.48 bits per heavy atom. The van der Waals surface area contributed by atoms with Gasteiger partial charge in [-0.3, -0.25) is 14.9 Å². The molecule has 152 valence electrons. The number of nitro benzene ring substituents is 1. The molecule has 0 radical (unpaired) electrons. The molecule has 1 aliphatic heterocycles. The third kappa shape index (κ3) is 5.31. The molecular formula is C21H23N3O5. The summed E-state index contributed by atoms with van der Waals surface area (Å²) in [6.45, 7) is 3.36. The number of nitrogens with zero attached hydrogens (tertiary/aromatic N) is 2. The number of anilines is 1. The minimum Gasteiger partial charge on any atom is -0.452 e. The first-order chi connectivity index (χ1) is 13.9. The van der Waals surface area contributed by atoms with Crippen LogP contribution in [-0.4, -0.2) is 36.5 Å². The SMILES string of the molecule is Cc1ccc(CNC(=O)COC(=O)c2ccc(N3CCCC3)c([N+](=O)[O-])c2)cc1. The Morgan fingerprint density at radius 1 is 1.14 bits per heavy atom. The van der Waals surface area contributed by atoms with Crippen molar-refractivity contribution in [3.8, 4) is 0 Å². The van der Waals surface area contributed by atoms with Crippen molar-refractivity contribution in [2.45, 2.75) is 26.3 Å². The van der Waals surface area contributed by atoms with E-state index in [1.54, 1.807) is 6.07 Å². The summed E-state index contributed by atoms with van der Waals surface area (Å²) in [6.07, 6.45) is 1.97. The number of carbonyl (C=O) groups excluding carboxylic acids is 2. The van der Waals surface area contributed by atoms with Gasteiger partial charge in [-0.05, 0) is 37.5 Å². The van der Waals surface area contributed by atoms with E-state index in [-0.39, 0.29) is 11.3 Å². The summed E-state index contributed by atoms with van der Waals surface area (Å²) in [6, 6.07) is 12.0. The lowest BCUT2D eigenvalue weighted by molar-refractivity contribution is -0.384. The molecule has 8 heteroatoms. The fourth-order valence-corrected chi connectivity index (χ4v) is 3.19. The van der Waals surface area contributed by atoms with Crippen molar-refractivity contribution >= 4 is 23.3 Å². The summed E-state index contributed by atoms with van der Waals surface area (Å²) in [5, 5.41) is 14.1. The maximum absolute atomic E-state index is 12.2. The Balaban J connectivity index is 1.57. The number of hydrogen-bond acceptors (Lipinski definition) is 6. The number of ether oxygens (including phenoxy) is 1. The molecule has 0 aliphatic carbocycles. The van der Waals surface area contributed by atoms with Crippen molar-refractivity contribution in [3.63, 3.8) is 0 Å². The number of benzene rings is 2. The van der Waals surface area contributed by atoms with Gasteiger partial charge in [0.05, 0.1) is 10.5 Å². The van der Waals surface area contributed by atoms with E-state index in [9.17, 15) is 19.7 Å². The molecule has 0 atom stereocenters. The normalized spacial score (nSPS) is 13.2. The van der Waals surface area contributed by atoms with Crippen molar-refractivity contribution < 1.29 is 19.2 Å². The van der Waals surface area contributed by atoms with E-state index in [1.807, 2.05) is 36.1 Å². The molecule has 0 aromatic heterocycles. The van der Waals surface area contributed by atoms with Gasteiger partial charge in [-0.15, -0.1) is 0 Å². The molecule has 1 fully saturated rings. The molecule has 1 amide bonds. The third-order valence-corrected chi connectivity index (χ3v) is 4.80. The maximum atomic E-state index is 12.2. The van der Waals surface area contributed by atoms with Crippen LogP contribution in [0.5, 0.6) is 0 Å². The molecule has 1 saturated heterocycles. The molecule has 1 N–H and O–H groups in total. The average Bonchev–Trinajstić information content (AvgIpc) is 3.25. The molecule has 0 saturated carbocycles. The van der Waals surface area contributed by atoms with Gasteiger partial charge < -0.3 is 15.0 Å². The van der Waals surface area contributed by atoms with Gasteiger partial charge in [0.1, 0.15) is 5.69 Å². The van der Waals surface area contributed by atoms with Crippen molar-refractivity contribution in [1.82, 2.24) is 5.32 Å². The summed E-state index contributed by atoms with van der Waals surface area (Å²) >= 11 is 0. The predicted octanol–water partition coefficient (Wildman–Crippen LogP) is 2.98. The molecule has 2 aromatic carbocycles. The fourth-order valence-electron chi connectivity index (χ4n) is 3.19. The summed E-state index contributed by atoms with van der Waals surface area (Å²) in [5.74, 6) is -1.21. The molecular weight excluding hydrogens is 374 g/mol. The summed E-state index contributed by atoms with van der Waals surface area (Å²) < 4.78 is 5.01. The van der Waals surface area contributed by atoms with Gasteiger partial charge in [0, 0.05) is 25.7 Å². The average molecular weight is 397 g/mol. The number of amides is 1. The van der Waals surface area contributed by atoms with Crippen LogP contribution in [0.15, 0.2) is 42.5 Å². The first kappa shape index (κ1) is 20.3. The number of esters is 1. The van der Waals surface area contributed by atoms with Gasteiger partial charge in [0.15, 0.2) is 6.61 Å². The Labute approximate surface area is 168 Å². The van der Waals surface area contributed by atoms with E-state index in [4.69, 9.17) is 4.74 Å². The quantitative estimate of drug-likeness (QED) is 0.438. The van der Waals surface area contributed by atoms with Crippen LogP contribution in [-0.2, 0) is 16.1 Å². The van der Waals surface area contributed by atoms with Gasteiger partial charge in [-0.25, -0.2) is 4.79 Å². The van der Waals surface area contributed by atoms with Crippen molar-refractivity contribution in [2.75, 3.05) is 24.6 Å². The molecule has 0 bridgehead atoms. The van der Waals surface area contributed by atoms with Crippen molar-refractivity contribution in [2.24, 2.45) is 0 Å². The number of aryl methyl sites for hydroxylation is 1. The lowest BCUT2D eigenvalue weighted by Gasteiger charge is -2.17. The lowest BCUT2D eigenvalue weighted by Crippen LogP contribution is -2.28. The van der Waals surface area contributed by atoms with Gasteiger partial charge in [-0.2, -0.15) is 0 Å². The Kier molecular flexibility index (Phi) is 6.43. The number of carbonyl (C=O) groups is 2. The van der Waals surface area contributed by atoms with Crippen molar-refractivity contribution in [3.05, 3.63) is 69.3 Å². The van der Waals surface area contributed by atoms with E-state index in [1.165, 1.54) is 12.1 Å². The zero-order valence-corrected chi connectivity index (χ0v) is 16.2. The predicted molar refractivity (Wildman–Crippen MR) is 108 cm³/mol. The number of nitrogens with one attached hydrogen (secondary N) is 1. The molecule has 0 spiro atoms. The monoisotopic (exact) mass is 397 g/mol. The van der Waals surface area contributed by atoms with Gasteiger partial charge in [-0.1, -0.05) is 29.8 Å². The molecule has 2 aromatic rings. The smallest absolute Gasteiger partial charge is 0.338 e. The molecule has 3 rings (SSSR count). The first-order valence-corrected chi connectivity index (χ1v) is 9.47. The zero-order valence-electron chi connectivity index (χ0n) is 16.2. The number of hydrogen-bond donors (Lipinski definition) is 1. The zero-order chi connectivity index (χ0) is 20.8. The van der Waals surface area contributed by atoms with E-state index >= 15 is 0 Å². The van der Waals surface area contributed by atoms with Crippen LogP contribution in [0.4, 0.5) is 11.4 Å². The molecule has 1 aliphatic rings. The molecule has 8 nitrogen and oxygen atoms in total. The van der Waals surface area contributed by atoms with E-state index in [0.29, 0.717) is 12.2 Å². The third-order valence-electron chi connectivity index (χ3n) is 4.80. The first-order valence-electron chi connectivity index (χ1n) is 9.47. The largest absolute Gasteiger partial charge is 0.452 e. The second-order valence-electron chi connectivity index (χ2n) is 6.99. The van der Waals surface area contributed by atoms with Crippen LogP contribution in [0.25, 0.3) is 0 Å². The minimum absolute atomic E-state index is 0.0472. The van der Waals surface area contributed by atoms with E-state index < -0.39 is 23.4 Å². The summed E-state index contributed by atoms with van der Waals surface area (Å²) in [7, 11) is 0. The van der Waals surface area contributed by atoms with Crippen LogP contribution in [0, 0.1) is 17.0 Å². The highest BCUT2D eigenvalue weighted by atomic mass is 16.6. The van der Waals surface area contributed by atoms with Crippen LogP contribution in [0.2, 0.25) is 0 Å². The minimum atomic E-state index is -0.772. The topological polar surface area (TPSA) is 102 Å². The molecule has 29 heavy (non-hydrogen) atoms. The van der Waals surface area contributed by atoms with Crippen LogP contribution < -0.4 is 10.2 Å². The highest BCUT2D eigenvalue weighted by molar-refractivity contribution is 5.93. The van der Waals surface area contributed by atoms with Crippen LogP contribution >= 0.6 is 0 Å². The summed E-state index contributed by atoms with van der Waals surface area (Å²) in [5.41, 5.74) is 2.47. The standard InChI is InChI=1S/C21H23N3O5/c1-15-4-6-16(7-5-15)13-22-20(25)14-29-21(26)17-8-9-18(19(12-17)24(27)28)23-10-2-3-11-23/h4-9,12H,2-3,10-11,13-14H2,1H3,(H,22,25). The van der Waals surface area contributed by atoms with Gasteiger partial charge >= 0.3 is 5.97 Å².